The molecule has 4 rings (SSSR count). The van der Waals surface area contributed by atoms with Gasteiger partial charge >= 0.3 is 0 Å². The van der Waals surface area contributed by atoms with Crippen molar-refractivity contribution in [1.82, 2.24) is 14.5 Å². The lowest BCUT2D eigenvalue weighted by Crippen LogP contribution is -2.48. The number of fused-ring (bicyclic) bond motifs is 1. The summed E-state index contributed by atoms with van der Waals surface area (Å²) in [7, 11) is 3.34. The fourth-order valence-electron chi connectivity index (χ4n) is 3.60. The second kappa shape index (κ2) is 7.27. The minimum absolute atomic E-state index is 0.0257. The number of methoxy groups -OCH3 is 1. The Hall–Kier alpha value is -2.87. The topological polar surface area (TPSA) is 67.7 Å². The highest BCUT2D eigenvalue weighted by molar-refractivity contribution is 7.20. The molecule has 1 saturated heterocycles. The summed E-state index contributed by atoms with van der Waals surface area (Å²) >= 11 is 1.30. The lowest BCUT2D eigenvalue weighted by Gasteiger charge is -2.36. The summed E-state index contributed by atoms with van der Waals surface area (Å²) < 4.78 is 6.90. The minimum atomic E-state index is -0.112. The van der Waals surface area contributed by atoms with E-state index in [1.54, 1.807) is 14.2 Å². The van der Waals surface area contributed by atoms with Gasteiger partial charge in [-0.15, -0.1) is 11.3 Å². The van der Waals surface area contributed by atoms with E-state index in [-0.39, 0.29) is 11.5 Å². The highest BCUT2D eigenvalue weighted by Crippen LogP contribution is 2.30. The van der Waals surface area contributed by atoms with Crippen LogP contribution in [0.5, 0.6) is 5.75 Å². The lowest BCUT2D eigenvalue weighted by molar-refractivity contribution is 0.0751. The van der Waals surface area contributed by atoms with Gasteiger partial charge in [-0.05, 0) is 24.6 Å². The van der Waals surface area contributed by atoms with E-state index < -0.39 is 0 Å². The van der Waals surface area contributed by atoms with Crippen molar-refractivity contribution in [2.24, 2.45) is 7.05 Å². The molecule has 0 spiro atoms. The normalized spacial score (nSPS) is 14.5. The van der Waals surface area contributed by atoms with Gasteiger partial charge in [-0.3, -0.25) is 9.59 Å². The number of hydrogen-bond acceptors (Lipinski definition) is 6. The fourth-order valence-corrected chi connectivity index (χ4v) is 4.71. The van der Waals surface area contributed by atoms with Gasteiger partial charge in [-0.25, -0.2) is 4.98 Å². The molecule has 0 saturated carbocycles. The first kappa shape index (κ1) is 18.5. The number of nitrogens with zero attached hydrogens (tertiary/aromatic N) is 4. The van der Waals surface area contributed by atoms with Crippen molar-refractivity contribution in [2.45, 2.75) is 6.92 Å². The van der Waals surface area contributed by atoms with Gasteiger partial charge in [0.05, 0.1) is 29.4 Å². The summed E-state index contributed by atoms with van der Waals surface area (Å²) in [5.74, 6) is 0.812. The Morgan fingerprint density at radius 3 is 2.61 bits per heavy atom. The van der Waals surface area contributed by atoms with Crippen LogP contribution >= 0.6 is 11.3 Å². The van der Waals surface area contributed by atoms with Crippen LogP contribution in [0.3, 0.4) is 0 Å². The summed E-state index contributed by atoms with van der Waals surface area (Å²) in [6.45, 7) is 4.54. The third-order valence-corrected chi connectivity index (χ3v) is 6.39. The van der Waals surface area contributed by atoms with Crippen molar-refractivity contribution in [2.75, 3.05) is 38.2 Å². The fraction of sp³-hybridized carbons (Fsp3) is 0.350. The number of aryl methyl sites for hydroxylation is 2. The number of amides is 1. The van der Waals surface area contributed by atoms with Gasteiger partial charge in [0, 0.05) is 33.2 Å². The quantitative estimate of drug-likeness (QED) is 0.677. The zero-order valence-electron chi connectivity index (χ0n) is 16.1. The number of benzene rings is 1. The molecule has 0 bridgehead atoms. The number of carbonyl (C=O) groups is 1. The molecule has 1 amide bonds. The molecule has 0 unspecified atom stereocenters. The van der Waals surface area contributed by atoms with Crippen molar-refractivity contribution in [3.8, 4) is 5.75 Å². The molecule has 0 aliphatic carbocycles. The Balaban J connectivity index is 1.55. The van der Waals surface area contributed by atoms with Crippen LogP contribution in [0.25, 0.3) is 10.2 Å². The van der Waals surface area contributed by atoms with Crippen LogP contribution in [0.4, 0.5) is 5.69 Å². The highest BCUT2D eigenvalue weighted by Gasteiger charge is 2.27. The van der Waals surface area contributed by atoms with Crippen molar-refractivity contribution in [3.05, 3.63) is 51.4 Å². The SMILES string of the molecule is COc1ccccc1N1CCN(C(=O)c2sc3ncn(C)c(=O)c3c2C)CC1. The third-order valence-electron chi connectivity index (χ3n) is 5.20. The van der Waals surface area contributed by atoms with Crippen LogP contribution in [0.15, 0.2) is 35.4 Å². The van der Waals surface area contributed by atoms with Crippen LogP contribution in [0, 0.1) is 6.92 Å². The molecule has 3 aromatic rings. The molecule has 0 atom stereocenters. The van der Waals surface area contributed by atoms with E-state index in [9.17, 15) is 9.59 Å². The summed E-state index contributed by atoms with van der Waals surface area (Å²) in [5, 5.41) is 0.547. The van der Waals surface area contributed by atoms with E-state index in [0.717, 1.165) is 30.1 Å². The largest absolute Gasteiger partial charge is 0.495 e. The van der Waals surface area contributed by atoms with Crippen LogP contribution in [0.1, 0.15) is 15.2 Å². The Kier molecular flexibility index (Phi) is 4.80. The minimum Gasteiger partial charge on any atom is -0.495 e. The molecule has 1 aliphatic rings. The van der Waals surface area contributed by atoms with Gasteiger partial charge in [-0.2, -0.15) is 0 Å². The zero-order chi connectivity index (χ0) is 19.8. The Labute approximate surface area is 166 Å². The number of piperazine rings is 1. The maximum atomic E-state index is 13.1. The van der Waals surface area contributed by atoms with E-state index in [4.69, 9.17) is 4.74 Å². The summed E-state index contributed by atoms with van der Waals surface area (Å²) in [6.07, 6.45) is 1.50. The monoisotopic (exact) mass is 398 g/mol. The average molecular weight is 398 g/mol. The number of para-hydroxylation sites is 2. The molecule has 1 aromatic carbocycles. The number of carbonyl (C=O) groups excluding carboxylic acids is 1. The molecule has 1 aliphatic heterocycles. The first-order valence-corrected chi connectivity index (χ1v) is 9.95. The Bertz CT molecular complexity index is 1100. The van der Waals surface area contributed by atoms with Crippen LogP contribution in [0.2, 0.25) is 0 Å². The number of hydrogen-bond donors (Lipinski definition) is 0. The number of aromatic nitrogens is 2. The van der Waals surface area contributed by atoms with E-state index in [1.165, 1.54) is 22.2 Å². The van der Waals surface area contributed by atoms with Crippen LogP contribution in [-0.2, 0) is 7.05 Å². The van der Waals surface area contributed by atoms with Gasteiger partial charge in [0.15, 0.2) is 0 Å². The van der Waals surface area contributed by atoms with Crippen molar-refractivity contribution in [1.29, 1.82) is 0 Å². The molecule has 1 fully saturated rings. The molecule has 3 heterocycles. The third kappa shape index (κ3) is 3.03. The van der Waals surface area contributed by atoms with Gasteiger partial charge in [-0.1, -0.05) is 12.1 Å². The highest BCUT2D eigenvalue weighted by atomic mass is 32.1. The van der Waals surface area contributed by atoms with E-state index in [0.29, 0.717) is 28.2 Å². The molecule has 0 N–H and O–H groups in total. The average Bonchev–Trinajstić information content (AvgIpc) is 3.07. The van der Waals surface area contributed by atoms with Gasteiger partial charge in [0.25, 0.3) is 11.5 Å². The van der Waals surface area contributed by atoms with Crippen molar-refractivity contribution >= 4 is 33.1 Å². The number of rotatable bonds is 3. The van der Waals surface area contributed by atoms with E-state index >= 15 is 0 Å². The van der Waals surface area contributed by atoms with Crippen LogP contribution < -0.4 is 15.2 Å². The Morgan fingerprint density at radius 2 is 1.89 bits per heavy atom. The number of anilines is 1. The molecule has 28 heavy (non-hydrogen) atoms. The smallest absolute Gasteiger partial charge is 0.264 e. The van der Waals surface area contributed by atoms with Gasteiger partial charge in [0.1, 0.15) is 10.6 Å². The first-order valence-electron chi connectivity index (χ1n) is 9.13. The molecular formula is C20H22N4O3S. The lowest BCUT2D eigenvalue weighted by atomic mass is 10.2. The number of ether oxygens (including phenoxy) is 1. The molecular weight excluding hydrogens is 376 g/mol. The Morgan fingerprint density at radius 1 is 1.18 bits per heavy atom. The van der Waals surface area contributed by atoms with Gasteiger partial charge in [0.2, 0.25) is 0 Å². The summed E-state index contributed by atoms with van der Waals surface area (Å²) in [6, 6.07) is 7.92. The van der Waals surface area contributed by atoms with E-state index in [1.807, 2.05) is 36.1 Å². The zero-order valence-corrected chi connectivity index (χ0v) is 17.0. The van der Waals surface area contributed by atoms with Crippen molar-refractivity contribution in [3.63, 3.8) is 0 Å². The molecule has 7 nitrogen and oxygen atoms in total. The second-order valence-electron chi connectivity index (χ2n) is 6.85. The van der Waals surface area contributed by atoms with Gasteiger partial charge < -0.3 is 19.1 Å². The molecule has 2 aromatic heterocycles. The first-order chi connectivity index (χ1) is 13.5. The number of thiophene rings is 1. The van der Waals surface area contributed by atoms with E-state index in [2.05, 4.69) is 9.88 Å². The summed E-state index contributed by atoms with van der Waals surface area (Å²) in [5.41, 5.74) is 1.66. The molecule has 146 valence electrons. The molecule has 8 heteroatoms. The maximum absolute atomic E-state index is 13.1. The predicted molar refractivity (Wildman–Crippen MR) is 111 cm³/mol. The molecule has 0 radical (unpaired) electrons. The van der Waals surface area contributed by atoms with Crippen LogP contribution in [-0.4, -0.2) is 53.6 Å². The predicted octanol–water partition coefficient (Wildman–Crippen LogP) is 2.27. The standard InChI is InChI=1S/C20H22N4O3S/c1-13-16-18(21-12-22(2)19(16)25)28-17(13)20(26)24-10-8-23(9-11-24)14-6-4-5-7-15(14)27-3/h4-7,12H,8-11H2,1-3H3. The maximum Gasteiger partial charge on any atom is 0.264 e. The second-order valence-corrected chi connectivity index (χ2v) is 7.85. The van der Waals surface area contributed by atoms with Crippen molar-refractivity contribution < 1.29 is 9.53 Å². The summed E-state index contributed by atoms with van der Waals surface area (Å²) in [4.78, 5) is 35.1.